The number of amides is 2. The van der Waals surface area contributed by atoms with E-state index in [4.69, 9.17) is 33.3 Å². The van der Waals surface area contributed by atoms with Gasteiger partial charge in [0.1, 0.15) is 11.5 Å². The van der Waals surface area contributed by atoms with Crippen molar-refractivity contribution < 1.29 is 19.1 Å². The van der Waals surface area contributed by atoms with E-state index < -0.39 is 11.8 Å². The second kappa shape index (κ2) is 11.5. The molecule has 0 bridgehead atoms. The van der Waals surface area contributed by atoms with Gasteiger partial charge in [-0.15, -0.1) is 0 Å². The molecular weight excluding hydrogens is 586 g/mol. The van der Waals surface area contributed by atoms with Crippen LogP contribution in [-0.4, -0.2) is 30.1 Å². The van der Waals surface area contributed by atoms with Crippen LogP contribution in [-0.2, 0) is 9.59 Å². The van der Waals surface area contributed by atoms with Crippen molar-refractivity contribution in [2.75, 3.05) is 13.2 Å². The number of rotatable bonds is 6. The van der Waals surface area contributed by atoms with Gasteiger partial charge in [-0.3, -0.25) is 25.8 Å². The lowest BCUT2D eigenvalue weighted by atomic mass is 10.1. The molecule has 0 spiro atoms. The molecule has 3 rings (SSSR count). The van der Waals surface area contributed by atoms with Crippen LogP contribution in [0.3, 0.4) is 0 Å². The Morgan fingerprint density at radius 3 is 2.38 bits per heavy atom. The van der Waals surface area contributed by atoms with Gasteiger partial charge in [0.05, 0.1) is 4.47 Å². The first-order valence-corrected chi connectivity index (χ1v) is 11.5. The summed E-state index contributed by atoms with van der Waals surface area (Å²) in [6.45, 7) is -0.517. The Bertz CT molecular complexity index is 1160. The van der Waals surface area contributed by atoms with Gasteiger partial charge in [-0.25, -0.2) is 0 Å². The summed E-state index contributed by atoms with van der Waals surface area (Å²) in [5.74, 6) is 0.0306. The van der Waals surface area contributed by atoms with Crippen molar-refractivity contribution in [2.24, 2.45) is 0 Å². The van der Waals surface area contributed by atoms with Crippen molar-refractivity contribution in [3.05, 3.63) is 68.6 Å². The normalized spacial score (nSPS) is 10.3. The average molecular weight is 602 g/mol. The number of thiocarbonyl (C=S) groups is 1. The van der Waals surface area contributed by atoms with Gasteiger partial charge < -0.3 is 9.47 Å². The van der Waals surface area contributed by atoms with Crippen LogP contribution in [0, 0.1) is 0 Å². The smallest absolute Gasteiger partial charge is 0.276 e. The molecule has 0 aliphatic rings. The Balaban J connectivity index is 1.41. The summed E-state index contributed by atoms with van der Waals surface area (Å²) >= 11 is 17.7. The minimum Gasteiger partial charge on any atom is -0.484 e. The minimum absolute atomic E-state index is 0.0825. The molecule has 0 heterocycles. The summed E-state index contributed by atoms with van der Waals surface area (Å²) in [6, 6.07) is 16.1. The maximum atomic E-state index is 12.1. The zero-order valence-electron chi connectivity index (χ0n) is 16.3. The highest BCUT2D eigenvalue weighted by atomic mass is 79.9. The average Bonchev–Trinajstić information content (AvgIpc) is 2.76. The standard InChI is InChI=1S/C21H16Br2ClN3O4S/c22-13-2-7-16-12(9-13)1-8-17(20(16)23)31-10-18(28)25-21(32)27-26-19(29)11-30-15-5-3-14(24)4-6-15/h1-9H,10-11H2,(H,26,29)(H2,25,27,28,32). The van der Waals surface area contributed by atoms with Crippen LogP contribution in [0.15, 0.2) is 63.5 Å². The number of benzene rings is 3. The molecule has 0 aliphatic heterocycles. The monoisotopic (exact) mass is 599 g/mol. The third-order valence-electron chi connectivity index (χ3n) is 3.99. The molecule has 0 saturated carbocycles. The third-order valence-corrected chi connectivity index (χ3v) is 5.76. The Hall–Kier alpha value is -2.40. The molecule has 3 N–H and O–H groups in total. The van der Waals surface area contributed by atoms with Crippen LogP contribution in [0.5, 0.6) is 11.5 Å². The second-order valence-electron chi connectivity index (χ2n) is 6.32. The fourth-order valence-corrected chi connectivity index (χ4v) is 3.81. The molecule has 0 fully saturated rings. The third kappa shape index (κ3) is 7.06. The SMILES string of the molecule is O=C(COc1ccc(Cl)cc1)NNC(=S)NC(=O)COc1ccc2cc(Br)ccc2c1Br. The summed E-state index contributed by atoms with van der Waals surface area (Å²) in [7, 11) is 0. The molecule has 0 radical (unpaired) electrons. The maximum absolute atomic E-state index is 12.1. The van der Waals surface area contributed by atoms with E-state index in [0.717, 1.165) is 19.7 Å². The van der Waals surface area contributed by atoms with Gasteiger partial charge in [-0.1, -0.05) is 39.7 Å². The molecule has 166 valence electrons. The van der Waals surface area contributed by atoms with E-state index >= 15 is 0 Å². The van der Waals surface area contributed by atoms with Crippen LogP contribution < -0.4 is 25.6 Å². The zero-order valence-corrected chi connectivity index (χ0v) is 21.0. The van der Waals surface area contributed by atoms with E-state index in [0.29, 0.717) is 16.5 Å². The number of hydrazine groups is 1. The summed E-state index contributed by atoms with van der Waals surface area (Å²) in [5, 5.41) is 4.86. The van der Waals surface area contributed by atoms with E-state index in [9.17, 15) is 9.59 Å². The second-order valence-corrected chi connectivity index (χ2v) is 8.88. The van der Waals surface area contributed by atoms with Crippen LogP contribution in [0.25, 0.3) is 10.8 Å². The van der Waals surface area contributed by atoms with Crippen LogP contribution in [0.2, 0.25) is 5.02 Å². The summed E-state index contributed by atoms with van der Waals surface area (Å²) in [5.41, 5.74) is 4.76. The molecule has 0 aromatic heterocycles. The van der Waals surface area contributed by atoms with Gasteiger partial charge in [-0.05, 0) is 81.4 Å². The predicted octanol–water partition coefficient (Wildman–Crippen LogP) is 4.50. The van der Waals surface area contributed by atoms with Gasteiger partial charge in [0.25, 0.3) is 11.8 Å². The van der Waals surface area contributed by atoms with Gasteiger partial charge in [0.2, 0.25) is 0 Å². The first kappa shape index (κ1) is 24.2. The first-order chi connectivity index (χ1) is 15.3. The molecule has 2 amide bonds. The number of nitrogens with one attached hydrogen (secondary N) is 3. The van der Waals surface area contributed by atoms with Gasteiger partial charge in [0, 0.05) is 9.50 Å². The molecule has 0 unspecified atom stereocenters. The van der Waals surface area contributed by atoms with Crippen molar-refractivity contribution >= 4 is 83.4 Å². The summed E-state index contributed by atoms with van der Waals surface area (Å²) in [4.78, 5) is 23.9. The number of carbonyl (C=O) groups is 2. The van der Waals surface area contributed by atoms with Crippen molar-refractivity contribution in [1.29, 1.82) is 0 Å². The van der Waals surface area contributed by atoms with Crippen LogP contribution >= 0.6 is 55.7 Å². The van der Waals surface area contributed by atoms with Crippen molar-refractivity contribution in [3.63, 3.8) is 0 Å². The van der Waals surface area contributed by atoms with Crippen molar-refractivity contribution in [1.82, 2.24) is 16.2 Å². The number of hydrogen-bond acceptors (Lipinski definition) is 5. The molecule has 0 aliphatic carbocycles. The minimum atomic E-state index is -0.489. The number of carbonyl (C=O) groups excluding carboxylic acids is 2. The maximum Gasteiger partial charge on any atom is 0.276 e. The number of fused-ring (bicyclic) bond motifs is 1. The van der Waals surface area contributed by atoms with Gasteiger partial charge >= 0.3 is 0 Å². The lowest BCUT2D eigenvalue weighted by Gasteiger charge is -2.13. The molecule has 3 aromatic carbocycles. The lowest BCUT2D eigenvalue weighted by Crippen LogP contribution is -2.50. The van der Waals surface area contributed by atoms with E-state index in [-0.39, 0.29) is 18.3 Å². The largest absolute Gasteiger partial charge is 0.484 e. The Morgan fingerprint density at radius 1 is 0.906 bits per heavy atom. The number of hydrogen-bond donors (Lipinski definition) is 3. The highest BCUT2D eigenvalue weighted by Gasteiger charge is 2.11. The van der Waals surface area contributed by atoms with E-state index in [1.165, 1.54) is 0 Å². The highest BCUT2D eigenvalue weighted by molar-refractivity contribution is 9.11. The first-order valence-electron chi connectivity index (χ1n) is 9.09. The van der Waals surface area contributed by atoms with Crippen molar-refractivity contribution in [2.45, 2.75) is 0 Å². The molecular formula is C21H16Br2ClN3O4S. The Kier molecular flexibility index (Phi) is 8.68. The van der Waals surface area contributed by atoms with E-state index in [2.05, 4.69) is 48.0 Å². The molecule has 0 atom stereocenters. The number of ether oxygens (including phenoxy) is 2. The summed E-state index contributed by atoms with van der Waals surface area (Å²) in [6.07, 6.45) is 0. The van der Waals surface area contributed by atoms with Gasteiger partial charge in [0.15, 0.2) is 18.3 Å². The van der Waals surface area contributed by atoms with Crippen LogP contribution in [0.4, 0.5) is 0 Å². The Morgan fingerprint density at radius 2 is 1.62 bits per heavy atom. The fourth-order valence-electron chi connectivity index (χ4n) is 2.53. The van der Waals surface area contributed by atoms with E-state index in [1.807, 2.05) is 24.3 Å². The van der Waals surface area contributed by atoms with Crippen LogP contribution in [0.1, 0.15) is 0 Å². The summed E-state index contributed by atoms with van der Waals surface area (Å²) < 4.78 is 12.6. The molecule has 3 aromatic rings. The predicted molar refractivity (Wildman–Crippen MR) is 134 cm³/mol. The van der Waals surface area contributed by atoms with Gasteiger partial charge in [-0.2, -0.15) is 0 Å². The molecule has 11 heteroatoms. The molecule has 7 nitrogen and oxygen atoms in total. The topological polar surface area (TPSA) is 88.7 Å². The quantitative estimate of drug-likeness (QED) is 0.285. The zero-order chi connectivity index (χ0) is 23.1. The lowest BCUT2D eigenvalue weighted by molar-refractivity contribution is -0.124. The fraction of sp³-hybridized carbons (Fsp3) is 0.0952. The number of halogens is 3. The molecule has 32 heavy (non-hydrogen) atoms. The van der Waals surface area contributed by atoms with Crippen molar-refractivity contribution in [3.8, 4) is 11.5 Å². The molecule has 0 saturated heterocycles. The Labute approximate surface area is 211 Å². The van der Waals surface area contributed by atoms with E-state index in [1.54, 1.807) is 30.3 Å². The highest BCUT2D eigenvalue weighted by Crippen LogP contribution is 2.34.